The van der Waals surface area contributed by atoms with E-state index in [0.29, 0.717) is 24.2 Å². The first-order chi connectivity index (χ1) is 10.6. The van der Waals surface area contributed by atoms with Gasteiger partial charge >= 0.3 is 0 Å². The van der Waals surface area contributed by atoms with Crippen LogP contribution in [0.5, 0.6) is 0 Å². The normalized spacial score (nSPS) is 16.2. The van der Waals surface area contributed by atoms with Crippen molar-refractivity contribution >= 4 is 11.6 Å². The third-order valence-corrected chi connectivity index (χ3v) is 4.60. The van der Waals surface area contributed by atoms with Gasteiger partial charge in [0.1, 0.15) is 5.15 Å². The Labute approximate surface area is 136 Å². The van der Waals surface area contributed by atoms with E-state index in [-0.39, 0.29) is 6.10 Å². The first-order valence-electron chi connectivity index (χ1n) is 7.72. The molecule has 1 saturated carbocycles. The second kappa shape index (κ2) is 6.41. The van der Waals surface area contributed by atoms with Crippen molar-refractivity contribution in [1.29, 1.82) is 0 Å². The maximum atomic E-state index is 10.1. The van der Waals surface area contributed by atoms with Crippen molar-refractivity contribution in [1.82, 2.24) is 14.7 Å². The van der Waals surface area contributed by atoms with Gasteiger partial charge in [-0.2, -0.15) is 5.10 Å². The van der Waals surface area contributed by atoms with E-state index < -0.39 is 0 Å². The molecule has 1 aromatic heterocycles. The van der Waals surface area contributed by atoms with E-state index in [9.17, 15) is 5.11 Å². The van der Waals surface area contributed by atoms with E-state index in [1.807, 2.05) is 44.3 Å². The summed E-state index contributed by atoms with van der Waals surface area (Å²) in [6.07, 6.45) is 2.08. The molecule has 1 heterocycles. The van der Waals surface area contributed by atoms with Crippen LogP contribution in [0.2, 0.25) is 5.15 Å². The first-order valence-corrected chi connectivity index (χ1v) is 8.10. The Balaban J connectivity index is 1.75. The summed E-state index contributed by atoms with van der Waals surface area (Å²) in [5.41, 5.74) is 2.92. The van der Waals surface area contributed by atoms with Crippen LogP contribution in [0.4, 0.5) is 0 Å². The van der Waals surface area contributed by atoms with E-state index in [4.69, 9.17) is 11.6 Å². The minimum Gasteiger partial charge on any atom is -0.392 e. The molecular weight excluding hydrogens is 298 g/mol. The molecule has 5 heteroatoms. The molecule has 0 bridgehead atoms. The molecule has 1 N–H and O–H groups in total. The minimum atomic E-state index is -0.228. The molecule has 1 aliphatic carbocycles. The van der Waals surface area contributed by atoms with Gasteiger partial charge in [-0.25, -0.2) is 4.68 Å². The number of rotatable bonds is 6. The Morgan fingerprint density at radius 3 is 2.68 bits per heavy atom. The van der Waals surface area contributed by atoms with Gasteiger partial charge in [0, 0.05) is 18.7 Å². The molecule has 118 valence electrons. The van der Waals surface area contributed by atoms with Crippen LogP contribution in [-0.2, 0) is 6.54 Å². The molecule has 0 aliphatic heterocycles. The number of aryl methyl sites for hydroxylation is 1. The van der Waals surface area contributed by atoms with Crippen LogP contribution in [0, 0.1) is 12.8 Å². The lowest BCUT2D eigenvalue weighted by Gasteiger charge is -2.20. The van der Waals surface area contributed by atoms with Gasteiger partial charge in [0.15, 0.2) is 0 Å². The van der Waals surface area contributed by atoms with Gasteiger partial charge in [-0.15, -0.1) is 0 Å². The summed E-state index contributed by atoms with van der Waals surface area (Å²) in [6, 6.07) is 9.90. The van der Waals surface area contributed by atoms with Gasteiger partial charge in [0.25, 0.3) is 0 Å². The number of halogens is 1. The quantitative estimate of drug-likeness (QED) is 0.889. The fourth-order valence-corrected chi connectivity index (χ4v) is 3.07. The predicted molar refractivity (Wildman–Crippen MR) is 88.4 cm³/mol. The molecule has 3 rings (SSSR count). The summed E-state index contributed by atoms with van der Waals surface area (Å²) in [7, 11) is 2.02. The highest BCUT2D eigenvalue weighted by molar-refractivity contribution is 6.30. The molecule has 22 heavy (non-hydrogen) atoms. The smallest absolute Gasteiger partial charge is 0.137 e. The maximum Gasteiger partial charge on any atom is 0.137 e. The highest BCUT2D eigenvalue weighted by atomic mass is 35.5. The predicted octanol–water partition coefficient (Wildman–Crippen LogP) is 3.04. The minimum absolute atomic E-state index is 0.228. The molecular formula is C17H22ClN3O. The second-order valence-corrected chi connectivity index (χ2v) is 6.56. The molecule has 1 unspecified atom stereocenters. The molecule has 0 saturated heterocycles. The zero-order chi connectivity index (χ0) is 15.7. The van der Waals surface area contributed by atoms with Crippen molar-refractivity contribution in [2.24, 2.45) is 5.92 Å². The monoisotopic (exact) mass is 319 g/mol. The molecule has 2 aromatic rings. The maximum absolute atomic E-state index is 10.1. The van der Waals surface area contributed by atoms with E-state index in [0.717, 1.165) is 29.8 Å². The number of aliphatic hydroxyl groups excluding tert-OH is 1. The molecule has 1 atom stereocenters. The van der Waals surface area contributed by atoms with Gasteiger partial charge in [-0.05, 0) is 44.9 Å². The van der Waals surface area contributed by atoms with Crippen LogP contribution in [-0.4, -0.2) is 39.5 Å². The van der Waals surface area contributed by atoms with Gasteiger partial charge in [-0.3, -0.25) is 4.90 Å². The van der Waals surface area contributed by atoms with Crippen molar-refractivity contribution in [2.45, 2.75) is 32.4 Å². The third kappa shape index (κ3) is 3.35. The van der Waals surface area contributed by atoms with Crippen molar-refractivity contribution < 1.29 is 5.11 Å². The van der Waals surface area contributed by atoms with E-state index in [1.165, 1.54) is 0 Å². The summed E-state index contributed by atoms with van der Waals surface area (Å²) in [5, 5.41) is 15.3. The Kier molecular flexibility index (Phi) is 4.52. The number of nitrogens with zero attached hydrogens (tertiary/aromatic N) is 3. The lowest BCUT2D eigenvalue weighted by Crippen LogP contribution is -2.30. The standard InChI is InChI=1S/C17H22ClN3O/c1-12-15(10-20(2)11-16(22)13-8-9-13)17(18)21(19-12)14-6-4-3-5-7-14/h3-7,13,16,22H,8-11H2,1-2H3. The molecule has 1 fully saturated rings. The number of aliphatic hydroxyl groups is 1. The van der Waals surface area contributed by atoms with Crippen LogP contribution in [0.1, 0.15) is 24.1 Å². The van der Waals surface area contributed by atoms with Crippen LogP contribution >= 0.6 is 11.6 Å². The summed E-state index contributed by atoms with van der Waals surface area (Å²) >= 11 is 6.53. The van der Waals surface area contributed by atoms with Gasteiger partial charge in [0.05, 0.1) is 17.5 Å². The Hall–Kier alpha value is -1.36. The number of aromatic nitrogens is 2. The Morgan fingerprint density at radius 1 is 1.36 bits per heavy atom. The third-order valence-electron chi connectivity index (χ3n) is 4.22. The zero-order valence-corrected chi connectivity index (χ0v) is 13.8. The topological polar surface area (TPSA) is 41.3 Å². The highest BCUT2D eigenvalue weighted by Crippen LogP contribution is 2.33. The fraction of sp³-hybridized carbons (Fsp3) is 0.471. The largest absolute Gasteiger partial charge is 0.392 e. The van der Waals surface area contributed by atoms with Crippen LogP contribution in [0.25, 0.3) is 5.69 Å². The lowest BCUT2D eigenvalue weighted by atomic mass is 10.2. The molecule has 0 spiro atoms. The number of hydrogen-bond acceptors (Lipinski definition) is 3. The zero-order valence-electron chi connectivity index (χ0n) is 13.0. The van der Waals surface area contributed by atoms with Crippen molar-refractivity contribution in [3.05, 3.63) is 46.7 Å². The number of benzene rings is 1. The van der Waals surface area contributed by atoms with Gasteiger partial charge in [-0.1, -0.05) is 29.8 Å². The SMILES string of the molecule is Cc1nn(-c2ccccc2)c(Cl)c1CN(C)CC(O)C1CC1. The van der Waals surface area contributed by atoms with E-state index in [2.05, 4.69) is 10.00 Å². The molecule has 0 amide bonds. The summed E-state index contributed by atoms with van der Waals surface area (Å²) in [4.78, 5) is 2.12. The molecule has 1 aliphatic rings. The number of hydrogen-bond donors (Lipinski definition) is 1. The van der Waals surface area contributed by atoms with Crippen molar-refractivity contribution in [3.63, 3.8) is 0 Å². The summed E-state index contributed by atoms with van der Waals surface area (Å²) in [6.45, 7) is 3.35. The van der Waals surface area contributed by atoms with Crippen LogP contribution < -0.4 is 0 Å². The summed E-state index contributed by atoms with van der Waals surface area (Å²) < 4.78 is 1.78. The number of para-hydroxylation sites is 1. The summed E-state index contributed by atoms with van der Waals surface area (Å²) in [5.74, 6) is 0.492. The first kappa shape index (κ1) is 15.5. The Bertz CT molecular complexity index is 637. The molecule has 1 aromatic carbocycles. The highest BCUT2D eigenvalue weighted by Gasteiger charge is 2.30. The molecule has 4 nitrogen and oxygen atoms in total. The number of likely N-dealkylation sites (N-methyl/N-ethyl adjacent to an activating group) is 1. The van der Waals surface area contributed by atoms with Crippen molar-refractivity contribution in [3.8, 4) is 5.69 Å². The van der Waals surface area contributed by atoms with E-state index in [1.54, 1.807) is 4.68 Å². The second-order valence-electron chi connectivity index (χ2n) is 6.20. The lowest BCUT2D eigenvalue weighted by molar-refractivity contribution is 0.104. The Morgan fingerprint density at radius 2 is 2.05 bits per heavy atom. The average Bonchev–Trinajstić information content (AvgIpc) is 3.31. The fourth-order valence-electron chi connectivity index (χ4n) is 2.74. The van der Waals surface area contributed by atoms with Gasteiger partial charge in [0.2, 0.25) is 0 Å². The van der Waals surface area contributed by atoms with Crippen LogP contribution in [0.15, 0.2) is 30.3 Å². The van der Waals surface area contributed by atoms with Crippen LogP contribution in [0.3, 0.4) is 0 Å². The van der Waals surface area contributed by atoms with Gasteiger partial charge < -0.3 is 5.11 Å². The van der Waals surface area contributed by atoms with E-state index >= 15 is 0 Å². The molecule has 0 radical (unpaired) electrons. The van der Waals surface area contributed by atoms with Crippen molar-refractivity contribution in [2.75, 3.05) is 13.6 Å². The average molecular weight is 320 g/mol.